The van der Waals surface area contributed by atoms with E-state index in [-0.39, 0.29) is 41.5 Å². The highest BCUT2D eigenvalue weighted by molar-refractivity contribution is 8.03. The van der Waals surface area contributed by atoms with Crippen molar-refractivity contribution < 1.29 is 29.3 Å². The third-order valence-electron chi connectivity index (χ3n) is 6.42. The number of rotatable bonds is 8. The van der Waals surface area contributed by atoms with Gasteiger partial charge in [-0.3, -0.25) is 4.79 Å². The number of aliphatic hydroxyl groups excluding tert-OH is 1. The van der Waals surface area contributed by atoms with Crippen LogP contribution < -0.4 is 0 Å². The van der Waals surface area contributed by atoms with Gasteiger partial charge in [-0.25, -0.2) is 9.59 Å². The molecule has 4 rings (SSSR count). The molecule has 1 aromatic heterocycles. The molecule has 0 bridgehead atoms. The molecule has 4 heterocycles. The predicted octanol–water partition coefficient (Wildman–Crippen LogP) is 2.81. The van der Waals surface area contributed by atoms with Gasteiger partial charge in [0.15, 0.2) is 0 Å². The summed E-state index contributed by atoms with van der Waals surface area (Å²) in [5.41, 5.74) is 0.791. The van der Waals surface area contributed by atoms with Gasteiger partial charge in [0.25, 0.3) is 0 Å². The van der Waals surface area contributed by atoms with Crippen molar-refractivity contribution in [1.29, 1.82) is 0 Å². The molecule has 3 aliphatic heterocycles. The fraction of sp³-hybridized carbons (Fsp3) is 0.478. The lowest BCUT2D eigenvalue weighted by Crippen LogP contribution is -2.63. The summed E-state index contributed by atoms with van der Waals surface area (Å²) in [6, 6.07) is 1.27. The third-order valence-corrected chi connectivity index (χ3v) is 8.48. The molecule has 0 radical (unpaired) electrons. The van der Waals surface area contributed by atoms with E-state index in [9.17, 15) is 24.6 Å². The van der Waals surface area contributed by atoms with Gasteiger partial charge in [0, 0.05) is 28.0 Å². The number of aliphatic carboxylic acids is 1. The number of hydrogen-bond acceptors (Lipinski definition) is 8. The average Bonchev–Trinajstić information content (AvgIpc) is 3.49. The Morgan fingerprint density at radius 2 is 2.24 bits per heavy atom. The van der Waals surface area contributed by atoms with Crippen molar-refractivity contribution >= 4 is 47.3 Å². The van der Waals surface area contributed by atoms with Gasteiger partial charge in [-0.05, 0) is 37.0 Å². The SMILES string of the molecule is C=CCOC(=O)N1C[C@@H](SC2=C(C(=O)O)N3C(=O)[C@H]([C@@H](C)O)[C@H]3[C@H]2C)C[C@H]1/C=C/c1ccsn1. The Labute approximate surface area is 205 Å². The molecule has 2 N–H and O–H groups in total. The second-order valence-electron chi connectivity index (χ2n) is 8.62. The molecule has 0 aliphatic carbocycles. The Hall–Kier alpha value is -2.63. The number of carbonyl (C=O) groups is 3. The van der Waals surface area contributed by atoms with Gasteiger partial charge in [-0.15, -0.1) is 11.8 Å². The first-order valence-electron chi connectivity index (χ1n) is 11.0. The summed E-state index contributed by atoms with van der Waals surface area (Å²) in [5, 5.41) is 21.7. The minimum absolute atomic E-state index is 0.00773. The van der Waals surface area contributed by atoms with Gasteiger partial charge in [0.2, 0.25) is 5.91 Å². The highest BCUT2D eigenvalue weighted by Crippen LogP contribution is 2.52. The molecule has 6 atom stereocenters. The Balaban J connectivity index is 1.55. The number of aliphatic hydroxyl groups is 1. The number of aromatic nitrogens is 1. The van der Waals surface area contributed by atoms with E-state index in [0.717, 1.165) is 5.69 Å². The number of carboxylic acid groups (broad SMARTS) is 1. The topological polar surface area (TPSA) is 120 Å². The first kappa shape index (κ1) is 24.5. The van der Waals surface area contributed by atoms with Gasteiger partial charge in [-0.1, -0.05) is 25.7 Å². The van der Waals surface area contributed by atoms with E-state index in [4.69, 9.17) is 4.74 Å². The van der Waals surface area contributed by atoms with Crippen LogP contribution in [0.3, 0.4) is 0 Å². The van der Waals surface area contributed by atoms with Crippen LogP contribution in [0.5, 0.6) is 0 Å². The number of hydrogen-bond donors (Lipinski definition) is 2. The average molecular weight is 506 g/mol. The van der Waals surface area contributed by atoms with Crippen LogP contribution in [0, 0.1) is 11.8 Å². The summed E-state index contributed by atoms with van der Waals surface area (Å²) in [6.45, 7) is 7.49. The number of carboxylic acids is 1. The highest BCUT2D eigenvalue weighted by Gasteiger charge is 2.60. The number of amides is 2. The molecule has 0 aromatic carbocycles. The predicted molar refractivity (Wildman–Crippen MR) is 129 cm³/mol. The van der Waals surface area contributed by atoms with Crippen molar-refractivity contribution in [3.63, 3.8) is 0 Å². The smallest absolute Gasteiger partial charge is 0.410 e. The van der Waals surface area contributed by atoms with Crippen molar-refractivity contribution in [2.45, 2.75) is 43.7 Å². The molecule has 0 spiro atoms. The summed E-state index contributed by atoms with van der Waals surface area (Å²) in [4.78, 5) is 40.9. The number of likely N-dealkylation sites (tertiary alicyclic amines) is 1. The molecule has 11 heteroatoms. The van der Waals surface area contributed by atoms with Gasteiger partial charge >= 0.3 is 12.1 Å². The number of carbonyl (C=O) groups excluding carboxylic acids is 2. The zero-order valence-corrected chi connectivity index (χ0v) is 20.5. The Kier molecular flexibility index (Phi) is 7.15. The summed E-state index contributed by atoms with van der Waals surface area (Å²) in [5.74, 6) is -2.34. The van der Waals surface area contributed by atoms with Crippen LogP contribution in [-0.2, 0) is 14.3 Å². The molecular formula is C23H27N3O6S2. The molecule has 3 aliphatic rings. The fourth-order valence-electron chi connectivity index (χ4n) is 4.89. The molecule has 2 amide bonds. The Morgan fingerprint density at radius 3 is 2.85 bits per heavy atom. The van der Waals surface area contributed by atoms with Crippen LogP contribution >= 0.6 is 23.3 Å². The number of thioether (sulfide) groups is 1. The molecule has 182 valence electrons. The van der Waals surface area contributed by atoms with Crippen molar-refractivity contribution in [1.82, 2.24) is 14.2 Å². The normalized spacial score (nSPS) is 29.4. The molecule has 1 aromatic rings. The van der Waals surface area contributed by atoms with E-state index in [2.05, 4.69) is 11.0 Å². The van der Waals surface area contributed by atoms with Crippen LogP contribution in [0.15, 0.2) is 40.8 Å². The molecular weight excluding hydrogens is 478 g/mol. The zero-order chi connectivity index (χ0) is 24.6. The van der Waals surface area contributed by atoms with E-state index in [1.165, 1.54) is 34.3 Å². The van der Waals surface area contributed by atoms with E-state index < -0.39 is 24.1 Å². The second kappa shape index (κ2) is 9.93. The molecule has 0 unspecified atom stereocenters. The number of fused-ring (bicyclic) bond motifs is 1. The molecule has 9 nitrogen and oxygen atoms in total. The minimum atomic E-state index is -1.16. The first-order chi connectivity index (χ1) is 16.2. The van der Waals surface area contributed by atoms with Gasteiger partial charge in [0.05, 0.1) is 29.8 Å². The van der Waals surface area contributed by atoms with Crippen LogP contribution in [-0.4, -0.2) is 78.9 Å². The summed E-state index contributed by atoms with van der Waals surface area (Å²) < 4.78 is 9.53. The summed E-state index contributed by atoms with van der Waals surface area (Å²) in [6.07, 6.45) is 4.56. The number of ether oxygens (including phenoxy) is 1. The second-order valence-corrected chi connectivity index (χ2v) is 10.6. The molecule has 0 saturated carbocycles. The quantitative estimate of drug-likeness (QED) is 0.409. The Bertz CT molecular complexity index is 1040. The largest absolute Gasteiger partial charge is 0.477 e. The van der Waals surface area contributed by atoms with Crippen LogP contribution in [0.25, 0.3) is 6.08 Å². The highest BCUT2D eigenvalue weighted by atomic mass is 32.2. The lowest BCUT2D eigenvalue weighted by molar-refractivity contribution is -0.163. The molecule has 34 heavy (non-hydrogen) atoms. The molecule has 2 fully saturated rings. The number of nitrogens with zero attached hydrogens (tertiary/aromatic N) is 3. The van der Waals surface area contributed by atoms with Crippen LogP contribution in [0.4, 0.5) is 4.79 Å². The third kappa shape index (κ3) is 4.39. The maximum atomic E-state index is 12.7. The summed E-state index contributed by atoms with van der Waals surface area (Å²) in [7, 11) is 0. The number of β-lactam (4-membered cyclic amide) rings is 1. The lowest BCUT2D eigenvalue weighted by atomic mass is 9.79. The Morgan fingerprint density at radius 1 is 1.47 bits per heavy atom. The van der Waals surface area contributed by atoms with E-state index in [1.807, 2.05) is 30.5 Å². The van der Waals surface area contributed by atoms with E-state index in [1.54, 1.807) is 11.8 Å². The fourth-order valence-corrected chi connectivity index (χ4v) is 6.94. The van der Waals surface area contributed by atoms with Gasteiger partial charge < -0.3 is 24.7 Å². The van der Waals surface area contributed by atoms with Crippen molar-refractivity contribution in [3.05, 3.63) is 46.5 Å². The van der Waals surface area contributed by atoms with E-state index in [0.29, 0.717) is 17.9 Å². The maximum Gasteiger partial charge on any atom is 0.410 e. The van der Waals surface area contributed by atoms with Crippen LogP contribution in [0.1, 0.15) is 26.0 Å². The van der Waals surface area contributed by atoms with Crippen molar-refractivity contribution in [2.75, 3.05) is 13.2 Å². The monoisotopic (exact) mass is 505 g/mol. The van der Waals surface area contributed by atoms with Crippen molar-refractivity contribution in [2.24, 2.45) is 11.8 Å². The van der Waals surface area contributed by atoms with Gasteiger partial charge in [-0.2, -0.15) is 4.37 Å². The maximum absolute atomic E-state index is 12.7. The van der Waals surface area contributed by atoms with Crippen molar-refractivity contribution in [3.8, 4) is 0 Å². The standard InChI is InChI=1S/C23H27N3O6S2/c1-4-8-32-23(31)25-11-16(10-15(25)6-5-14-7-9-33-24-14)34-20-12(2)18-17(13(3)27)21(28)26(18)19(20)22(29)30/h4-7,9,12-13,15-18,27H,1,8,10-11H2,2-3H3,(H,29,30)/b6-5+/t12-,13-,15-,16+,17-,18-/m1/s1. The van der Waals surface area contributed by atoms with Crippen LogP contribution in [0.2, 0.25) is 0 Å². The minimum Gasteiger partial charge on any atom is -0.477 e. The first-order valence-corrected chi connectivity index (χ1v) is 12.7. The summed E-state index contributed by atoms with van der Waals surface area (Å²) >= 11 is 2.74. The molecule has 2 saturated heterocycles. The lowest BCUT2D eigenvalue weighted by Gasteiger charge is -2.46. The zero-order valence-electron chi connectivity index (χ0n) is 18.9. The van der Waals surface area contributed by atoms with Gasteiger partial charge in [0.1, 0.15) is 12.3 Å². The van der Waals surface area contributed by atoms with E-state index >= 15 is 0 Å².